The molecule has 1 aliphatic rings. The van der Waals surface area contributed by atoms with E-state index < -0.39 is 0 Å². The molecule has 29 heavy (non-hydrogen) atoms. The Labute approximate surface area is 174 Å². The highest BCUT2D eigenvalue weighted by Gasteiger charge is 2.22. The summed E-state index contributed by atoms with van der Waals surface area (Å²) in [5.74, 6) is -0.212. The monoisotopic (exact) mass is 411 g/mol. The van der Waals surface area contributed by atoms with Crippen LogP contribution in [0.1, 0.15) is 30.8 Å². The van der Waals surface area contributed by atoms with E-state index in [2.05, 4.69) is 39.0 Å². The quantitative estimate of drug-likeness (QED) is 0.628. The Kier molecular flexibility index (Phi) is 6.13. The van der Waals surface area contributed by atoms with E-state index in [4.69, 9.17) is 4.74 Å². The molecule has 2 aromatic heterocycles. The molecule has 3 heterocycles. The molecule has 3 aromatic rings. The fourth-order valence-electron chi connectivity index (χ4n) is 3.69. The lowest BCUT2D eigenvalue weighted by molar-refractivity contribution is -0.0679. The molecule has 152 valence electrons. The molecule has 4 rings (SSSR count). The van der Waals surface area contributed by atoms with Gasteiger partial charge >= 0.3 is 0 Å². The van der Waals surface area contributed by atoms with Crippen LogP contribution in [0.4, 0.5) is 0 Å². The maximum atomic E-state index is 12.7. The summed E-state index contributed by atoms with van der Waals surface area (Å²) in [6.07, 6.45) is 4.52. The second-order valence-corrected chi connectivity index (χ2v) is 8.40. The van der Waals surface area contributed by atoms with Gasteiger partial charge in [-0.2, -0.15) is 0 Å². The summed E-state index contributed by atoms with van der Waals surface area (Å²) in [4.78, 5) is 28.4. The minimum Gasteiger partial charge on any atom is -0.373 e. The zero-order chi connectivity index (χ0) is 20.2. The minimum absolute atomic E-state index is 0.212. The molecule has 8 heteroatoms. The number of benzene rings is 1. The number of para-hydroxylation sites is 1. The highest BCUT2D eigenvalue weighted by Crippen LogP contribution is 2.29. The summed E-state index contributed by atoms with van der Waals surface area (Å²) in [5, 5.41) is 3.69. The summed E-state index contributed by atoms with van der Waals surface area (Å²) in [6.45, 7) is 7.59. The number of carbonyl (C=O) groups excluding carboxylic acids is 1. The molecule has 0 aliphatic carbocycles. The van der Waals surface area contributed by atoms with Crippen LogP contribution >= 0.6 is 11.3 Å². The molecule has 1 fully saturated rings. The van der Waals surface area contributed by atoms with Crippen molar-refractivity contribution >= 4 is 27.5 Å². The lowest BCUT2D eigenvalue weighted by atomic mass is 10.2. The molecule has 1 N–H and O–H groups in total. The van der Waals surface area contributed by atoms with Crippen LogP contribution in [-0.4, -0.2) is 64.1 Å². The van der Waals surface area contributed by atoms with Gasteiger partial charge in [-0.05, 0) is 32.4 Å². The van der Waals surface area contributed by atoms with Gasteiger partial charge in [0, 0.05) is 38.6 Å². The van der Waals surface area contributed by atoms with E-state index >= 15 is 0 Å². The summed E-state index contributed by atoms with van der Waals surface area (Å²) < 4.78 is 6.83. The lowest BCUT2D eigenvalue weighted by Crippen LogP contribution is -2.46. The number of thiazole rings is 1. The van der Waals surface area contributed by atoms with Crippen molar-refractivity contribution in [3.05, 3.63) is 42.4 Å². The highest BCUT2D eigenvalue weighted by molar-refractivity contribution is 7.21. The van der Waals surface area contributed by atoms with Crippen LogP contribution in [0, 0.1) is 0 Å². The van der Waals surface area contributed by atoms with Crippen molar-refractivity contribution in [2.24, 2.45) is 0 Å². The number of hydrogen-bond acceptors (Lipinski definition) is 7. The fraction of sp³-hybridized carbons (Fsp3) is 0.429. The molecule has 0 unspecified atom stereocenters. The first-order valence-corrected chi connectivity index (χ1v) is 10.7. The van der Waals surface area contributed by atoms with Gasteiger partial charge in [-0.25, -0.2) is 15.0 Å². The van der Waals surface area contributed by atoms with E-state index in [9.17, 15) is 4.79 Å². The molecule has 0 spiro atoms. The fourth-order valence-corrected chi connectivity index (χ4v) is 4.65. The molecular weight excluding hydrogens is 386 g/mol. The molecule has 1 aromatic carbocycles. The number of nitrogens with zero attached hydrogens (tertiary/aromatic N) is 4. The van der Waals surface area contributed by atoms with Crippen LogP contribution < -0.4 is 5.32 Å². The van der Waals surface area contributed by atoms with E-state index in [1.165, 1.54) is 11.3 Å². The molecule has 1 saturated heterocycles. The van der Waals surface area contributed by atoms with E-state index in [-0.39, 0.29) is 18.1 Å². The van der Waals surface area contributed by atoms with Crippen molar-refractivity contribution in [2.75, 3.05) is 26.2 Å². The van der Waals surface area contributed by atoms with Crippen molar-refractivity contribution in [2.45, 2.75) is 32.5 Å². The molecular formula is C21H25N5O2S. The van der Waals surface area contributed by atoms with Crippen LogP contribution in [0.3, 0.4) is 0 Å². The van der Waals surface area contributed by atoms with E-state index in [1.807, 2.05) is 24.3 Å². The first-order chi connectivity index (χ1) is 14.1. The van der Waals surface area contributed by atoms with Crippen molar-refractivity contribution in [3.63, 3.8) is 0 Å². The normalized spacial score (nSPS) is 20.1. The zero-order valence-corrected chi connectivity index (χ0v) is 17.5. The summed E-state index contributed by atoms with van der Waals surface area (Å²) in [5.41, 5.74) is 1.75. The van der Waals surface area contributed by atoms with Crippen LogP contribution in [0.5, 0.6) is 0 Å². The number of rotatable bonds is 6. The van der Waals surface area contributed by atoms with Gasteiger partial charge in [-0.1, -0.05) is 12.1 Å². The van der Waals surface area contributed by atoms with Crippen molar-refractivity contribution in [1.82, 2.24) is 25.2 Å². The van der Waals surface area contributed by atoms with Crippen molar-refractivity contribution in [3.8, 4) is 10.7 Å². The van der Waals surface area contributed by atoms with E-state index in [0.717, 1.165) is 36.3 Å². The van der Waals surface area contributed by atoms with E-state index in [0.29, 0.717) is 22.9 Å². The standard InChI is InChI=1S/C21H25N5O2S/c1-14-12-26(13-15(2)28-14)11-5-8-24-20(27)18-19(23-10-9-22-18)21-25-16-6-3-4-7-17(16)29-21/h3-4,6-7,9-10,14-15H,5,8,11-13H2,1-2H3,(H,24,27)/t14-,15+. The van der Waals surface area contributed by atoms with Crippen LogP contribution in [0.15, 0.2) is 36.7 Å². The van der Waals surface area contributed by atoms with Gasteiger partial charge < -0.3 is 10.1 Å². The second-order valence-electron chi connectivity index (χ2n) is 7.37. The molecule has 7 nitrogen and oxygen atoms in total. The van der Waals surface area contributed by atoms with Gasteiger partial charge in [0.25, 0.3) is 5.91 Å². The van der Waals surface area contributed by atoms with Gasteiger partial charge in [0.2, 0.25) is 0 Å². The largest absolute Gasteiger partial charge is 0.373 e. The zero-order valence-electron chi connectivity index (χ0n) is 16.7. The first kappa shape index (κ1) is 19.9. The third-order valence-corrected chi connectivity index (χ3v) is 5.88. The summed E-state index contributed by atoms with van der Waals surface area (Å²) in [7, 11) is 0. The summed E-state index contributed by atoms with van der Waals surface area (Å²) in [6, 6.07) is 7.90. The molecule has 1 amide bonds. The third-order valence-electron chi connectivity index (χ3n) is 4.84. The second kappa shape index (κ2) is 8.94. The van der Waals surface area contributed by atoms with Crippen LogP contribution in [0.25, 0.3) is 20.9 Å². The van der Waals surface area contributed by atoms with Gasteiger partial charge in [0.05, 0.1) is 22.4 Å². The van der Waals surface area contributed by atoms with Gasteiger partial charge in [0.1, 0.15) is 10.7 Å². The maximum Gasteiger partial charge on any atom is 0.272 e. The Morgan fingerprint density at radius 3 is 2.76 bits per heavy atom. The Hall–Kier alpha value is -2.42. The Balaban J connectivity index is 1.38. The van der Waals surface area contributed by atoms with Crippen LogP contribution in [0.2, 0.25) is 0 Å². The average molecular weight is 412 g/mol. The number of ether oxygens (including phenoxy) is 1. The smallest absolute Gasteiger partial charge is 0.272 e. The topological polar surface area (TPSA) is 80.2 Å². The van der Waals surface area contributed by atoms with Crippen molar-refractivity contribution in [1.29, 1.82) is 0 Å². The molecule has 0 radical (unpaired) electrons. The lowest BCUT2D eigenvalue weighted by Gasteiger charge is -2.35. The number of carbonyl (C=O) groups is 1. The number of amides is 1. The number of morpholine rings is 1. The Morgan fingerprint density at radius 2 is 1.97 bits per heavy atom. The summed E-state index contributed by atoms with van der Waals surface area (Å²) >= 11 is 1.52. The predicted molar refractivity (Wildman–Crippen MR) is 114 cm³/mol. The van der Waals surface area contributed by atoms with Gasteiger partial charge in [-0.3, -0.25) is 9.69 Å². The number of fused-ring (bicyclic) bond motifs is 1. The first-order valence-electron chi connectivity index (χ1n) is 9.93. The van der Waals surface area contributed by atoms with Crippen molar-refractivity contribution < 1.29 is 9.53 Å². The van der Waals surface area contributed by atoms with Crippen LogP contribution in [-0.2, 0) is 4.74 Å². The SMILES string of the molecule is C[C@@H]1CN(CCCNC(=O)c2nccnc2-c2nc3ccccc3s2)C[C@H](C)O1. The Bertz CT molecular complexity index is 949. The average Bonchev–Trinajstić information content (AvgIpc) is 3.14. The predicted octanol–water partition coefficient (Wildman–Crippen LogP) is 2.98. The van der Waals surface area contributed by atoms with Gasteiger partial charge in [-0.15, -0.1) is 11.3 Å². The Morgan fingerprint density at radius 1 is 1.21 bits per heavy atom. The van der Waals surface area contributed by atoms with Gasteiger partial charge in [0.15, 0.2) is 5.69 Å². The molecule has 0 bridgehead atoms. The third kappa shape index (κ3) is 4.77. The van der Waals surface area contributed by atoms with E-state index in [1.54, 1.807) is 12.4 Å². The molecule has 0 saturated carbocycles. The molecule has 2 atom stereocenters. The molecule has 1 aliphatic heterocycles. The number of hydrogen-bond donors (Lipinski definition) is 1. The number of nitrogens with one attached hydrogen (secondary N) is 1. The highest BCUT2D eigenvalue weighted by atomic mass is 32.1. The maximum absolute atomic E-state index is 12.7. The number of aromatic nitrogens is 3. The minimum atomic E-state index is -0.212.